The number of nitrogens with zero attached hydrogens (tertiary/aromatic N) is 2. The van der Waals surface area contributed by atoms with E-state index in [-0.39, 0.29) is 5.66 Å². The molecule has 0 amide bonds. The van der Waals surface area contributed by atoms with Crippen LogP contribution in [0.2, 0.25) is 0 Å². The van der Waals surface area contributed by atoms with Crippen molar-refractivity contribution >= 4 is 0 Å². The Labute approximate surface area is 150 Å². The van der Waals surface area contributed by atoms with Gasteiger partial charge in [-0.3, -0.25) is 5.32 Å². The van der Waals surface area contributed by atoms with Gasteiger partial charge in [-0.2, -0.15) is 0 Å². The van der Waals surface area contributed by atoms with Crippen molar-refractivity contribution < 1.29 is 14.2 Å². The number of nitrogens with one attached hydrogen (secondary N) is 1. The summed E-state index contributed by atoms with van der Waals surface area (Å²) in [5, 5.41) is 3.65. The molecule has 3 rings (SSSR count). The van der Waals surface area contributed by atoms with E-state index in [4.69, 9.17) is 14.2 Å². The molecule has 1 aromatic rings. The number of methoxy groups -OCH3 is 2. The fourth-order valence-corrected chi connectivity index (χ4v) is 3.34. The topological polar surface area (TPSA) is 46.2 Å². The number of para-hydroxylation sites is 1. The zero-order valence-corrected chi connectivity index (χ0v) is 15.7. The molecule has 1 aromatic carbocycles. The van der Waals surface area contributed by atoms with E-state index in [1.807, 2.05) is 12.1 Å². The Bertz CT molecular complexity index is 624. The number of hydrogen-bond donors (Lipinski definition) is 1. The molecule has 0 aromatic heterocycles. The maximum Gasteiger partial charge on any atom is 0.165 e. The summed E-state index contributed by atoms with van der Waals surface area (Å²) in [6.45, 7) is 9.51. The molecule has 1 saturated heterocycles. The SMILES string of the molecule is COc1cccc(CN2C=C(N3CCOCC3)CNC2(C)C)c1OC. The lowest BCUT2D eigenvalue weighted by Crippen LogP contribution is -2.57. The molecule has 0 radical (unpaired) electrons. The monoisotopic (exact) mass is 347 g/mol. The molecule has 25 heavy (non-hydrogen) atoms. The molecular formula is C19H29N3O3. The number of ether oxygens (including phenoxy) is 3. The van der Waals surface area contributed by atoms with Crippen LogP contribution in [0.25, 0.3) is 0 Å². The van der Waals surface area contributed by atoms with Crippen molar-refractivity contribution in [3.05, 3.63) is 35.7 Å². The molecule has 6 heteroatoms. The van der Waals surface area contributed by atoms with Gasteiger partial charge in [0.15, 0.2) is 11.5 Å². The van der Waals surface area contributed by atoms with Crippen LogP contribution in [-0.4, -0.2) is 62.5 Å². The first kappa shape index (κ1) is 17.9. The van der Waals surface area contributed by atoms with Gasteiger partial charge in [0.1, 0.15) is 0 Å². The standard InChI is InChI=1S/C19H29N3O3/c1-19(2)20-12-16(21-8-10-25-11-9-21)14-22(19)13-15-6-5-7-17(23-3)18(15)24-4/h5-7,14,20H,8-13H2,1-4H3. The Balaban J connectivity index is 1.85. The largest absolute Gasteiger partial charge is 0.493 e. The van der Waals surface area contributed by atoms with E-state index in [2.05, 4.69) is 41.2 Å². The van der Waals surface area contributed by atoms with E-state index in [1.54, 1.807) is 14.2 Å². The summed E-state index contributed by atoms with van der Waals surface area (Å²) in [5.41, 5.74) is 2.28. The second kappa shape index (κ2) is 7.54. The molecule has 138 valence electrons. The van der Waals surface area contributed by atoms with Crippen molar-refractivity contribution in [2.45, 2.75) is 26.1 Å². The minimum absolute atomic E-state index is 0.135. The normalized spacial score (nSPS) is 20.2. The van der Waals surface area contributed by atoms with E-state index in [0.29, 0.717) is 0 Å². The van der Waals surface area contributed by atoms with Gasteiger partial charge in [0.2, 0.25) is 0 Å². The Hall–Kier alpha value is -1.92. The molecule has 6 nitrogen and oxygen atoms in total. The highest BCUT2D eigenvalue weighted by atomic mass is 16.5. The summed E-state index contributed by atoms with van der Waals surface area (Å²) >= 11 is 0. The van der Waals surface area contributed by atoms with Crippen LogP contribution in [0, 0.1) is 0 Å². The van der Waals surface area contributed by atoms with Crippen molar-refractivity contribution in [2.24, 2.45) is 0 Å². The average Bonchev–Trinajstić information content (AvgIpc) is 2.63. The van der Waals surface area contributed by atoms with E-state index < -0.39 is 0 Å². The first-order valence-corrected chi connectivity index (χ1v) is 8.80. The molecule has 2 heterocycles. The van der Waals surface area contributed by atoms with Crippen LogP contribution in [0.15, 0.2) is 30.1 Å². The average molecular weight is 347 g/mol. The Kier molecular flexibility index (Phi) is 5.39. The molecule has 0 bridgehead atoms. The summed E-state index contributed by atoms with van der Waals surface area (Å²) in [6, 6.07) is 6.03. The lowest BCUT2D eigenvalue weighted by molar-refractivity contribution is 0.0423. The first-order valence-electron chi connectivity index (χ1n) is 8.80. The molecule has 0 atom stereocenters. The van der Waals surface area contributed by atoms with Gasteiger partial charge in [0.25, 0.3) is 0 Å². The van der Waals surface area contributed by atoms with Crippen LogP contribution in [0.4, 0.5) is 0 Å². The number of benzene rings is 1. The second-order valence-electron chi connectivity index (χ2n) is 6.91. The molecule has 1 N–H and O–H groups in total. The Morgan fingerprint density at radius 2 is 1.92 bits per heavy atom. The summed E-state index contributed by atoms with van der Waals surface area (Å²) in [5.74, 6) is 1.56. The highest BCUT2D eigenvalue weighted by Crippen LogP contribution is 2.33. The second-order valence-corrected chi connectivity index (χ2v) is 6.91. The molecule has 0 unspecified atom stereocenters. The van der Waals surface area contributed by atoms with E-state index in [1.165, 1.54) is 5.70 Å². The first-order chi connectivity index (χ1) is 12.0. The van der Waals surface area contributed by atoms with Gasteiger partial charge in [0, 0.05) is 43.6 Å². The number of hydrogen-bond acceptors (Lipinski definition) is 6. The highest BCUT2D eigenvalue weighted by Gasteiger charge is 2.31. The molecule has 2 aliphatic heterocycles. The van der Waals surface area contributed by atoms with Crippen molar-refractivity contribution in [2.75, 3.05) is 47.1 Å². The van der Waals surface area contributed by atoms with Crippen molar-refractivity contribution in [1.82, 2.24) is 15.1 Å². The van der Waals surface area contributed by atoms with Crippen LogP contribution in [0.1, 0.15) is 19.4 Å². The van der Waals surface area contributed by atoms with Crippen LogP contribution in [-0.2, 0) is 11.3 Å². The summed E-state index contributed by atoms with van der Waals surface area (Å²) in [4.78, 5) is 4.74. The zero-order valence-electron chi connectivity index (χ0n) is 15.7. The van der Waals surface area contributed by atoms with Crippen molar-refractivity contribution in [3.8, 4) is 11.5 Å². The van der Waals surface area contributed by atoms with Gasteiger partial charge >= 0.3 is 0 Å². The fourth-order valence-electron chi connectivity index (χ4n) is 3.34. The maximum absolute atomic E-state index is 5.60. The van der Waals surface area contributed by atoms with Gasteiger partial charge in [-0.15, -0.1) is 0 Å². The lowest BCUT2D eigenvalue weighted by atomic mass is 10.1. The molecule has 0 saturated carbocycles. The van der Waals surface area contributed by atoms with Gasteiger partial charge in [-0.1, -0.05) is 12.1 Å². The van der Waals surface area contributed by atoms with E-state index >= 15 is 0 Å². The minimum atomic E-state index is -0.135. The quantitative estimate of drug-likeness (QED) is 0.879. The predicted molar refractivity (Wildman–Crippen MR) is 97.6 cm³/mol. The third kappa shape index (κ3) is 3.85. The summed E-state index contributed by atoms with van der Waals surface area (Å²) < 4.78 is 16.5. The minimum Gasteiger partial charge on any atom is -0.493 e. The molecule has 0 aliphatic carbocycles. The van der Waals surface area contributed by atoms with Crippen molar-refractivity contribution in [1.29, 1.82) is 0 Å². The Morgan fingerprint density at radius 1 is 1.16 bits per heavy atom. The molecular weight excluding hydrogens is 318 g/mol. The highest BCUT2D eigenvalue weighted by molar-refractivity contribution is 5.46. The molecule has 2 aliphatic rings. The van der Waals surface area contributed by atoms with Crippen molar-refractivity contribution in [3.63, 3.8) is 0 Å². The predicted octanol–water partition coefficient (Wildman–Crippen LogP) is 2.02. The smallest absolute Gasteiger partial charge is 0.165 e. The van der Waals surface area contributed by atoms with Gasteiger partial charge < -0.3 is 24.0 Å². The zero-order chi connectivity index (χ0) is 17.9. The van der Waals surface area contributed by atoms with Gasteiger partial charge in [-0.25, -0.2) is 0 Å². The van der Waals surface area contributed by atoms with Crippen LogP contribution in [0.5, 0.6) is 11.5 Å². The summed E-state index contributed by atoms with van der Waals surface area (Å²) in [6.07, 6.45) is 2.28. The third-order valence-corrected chi connectivity index (χ3v) is 4.97. The van der Waals surface area contributed by atoms with E-state index in [9.17, 15) is 0 Å². The molecule has 1 fully saturated rings. The Morgan fingerprint density at radius 3 is 2.60 bits per heavy atom. The van der Waals surface area contributed by atoms with Crippen LogP contribution >= 0.6 is 0 Å². The van der Waals surface area contributed by atoms with Gasteiger partial charge in [-0.05, 0) is 19.9 Å². The lowest BCUT2D eigenvalue weighted by Gasteiger charge is -2.45. The van der Waals surface area contributed by atoms with Gasteiger partial charge in [0.05, 0.1) is 33.1 Å². The van der Waals surface area contributed by atoms with Crippen LogP contribution < -0.4 is 14.8 Å². The summed E-state index contributed by atoms with van der Waals surface area (Å²) in [7, 11) is 3.36. The maximum atomic E-state index is 5.60. The van der Waals surface area contributed by atoms with E-state index in [0.717, 1.165) is 56.5 Å². The number of rotatable bonds is 5. The number of morpholine rings is 1. The molecule has 0 spiro atoms. The fraction of sp³-hybridized carbons (Fsp3) is 0.579. The third-order valence-electron chi connectivity index (χ3n) is 4.97. The van der Waals surface area contributed by atoms with Crippen LogP contribution in [0.3, 0.4) is 0 Å².